The summed E-state index contributed by atoms with van der Waals surface area (Å²) in [6.07, 6.45) is 8.20. The minimum Gasteiger partial charge on any atom is -0.335 e. The van der Waals surface area contributed by atoms with Gasteiger partial charge in [0, 0.05) is 37.6 Å². The third-order valence-electron chi connectivity index (χ3n) is 3.28. The van der Waals surface area contributed by atoms with E-state index in [-0.39, 0.29) is 5.91 Å². The maximum atomic E-state index is 12.0. The first-order valence-corrected chi connectivity index (χ1v) is 6.80. The average Bonchev–Trinajstić information content (AvgIpc) is 3.09. The van der Waals surface area contributed by atoms with Crippen LogP contribution in [-0.2, 0) is 11.3 Å². The Morgan fingerprint density at radius 3 is 2.95 bits per heavy atom. The predicted molar refractivity (Wildman–Crippen MR) is 77.8 cm³/mol. The molecule has 0 aromatic carbocycles. The zero-order valence-electron chi connectivity index (χ0n) is 11.7. The Kier molecular flexibility index (Phi) is 3.63. The number of hydrogen-bond acceptors (Lipinski definition) is 4. The van der Waals surface area contributed by atoms with E-state index in [0.29, 0.717) is 17.9 Å². The molecule has 0 bridgehead atoms. The molecule has 3 rings (SSSR count). The lowest BCUT2D eigenvalue weighted by Gasteiger charge is -2.07. The molecule has 108 valence electrons. The Balaban J connectivity index is 1.57. The van der Waals surface area contributed by atoms with E-state index in [0.717, 1.165) is 18.8 Å². The molecule has 0 aliphatic rings. The highest BCUT2D eigenvalue weighted by atomic mass is 16.1. The van der Waals surface area contributed by atoms with Crippen molar-refractivity contribution < 1.29 is 4.79 Å². The Labute approximate surface area is 121 Å². The van der Waals surface area contributed by atoms with E-state index in [2.05, 4.69) is 20.4 Å². The van der Waals surface area contributed by atoms with Crippen LogP contribution < -0.4 is 5.32 Å². The number of amides is 1. The van der Waals surface area contributed by atoms with Gasteiger partial charge in [-0.2, -0.15) is 9.61 Å². The number of nitrogens with zero attached hydrogens (tertiary/aromatic N) is 5. The first-order valence-electron chi connectivity index (χ1n) is 6.80. The van der Waals surface area contributed by atoms with Crippen molar-refractivity contribution in [3.8, 4) is 0 Å². The number of aryl methyl sites for hydroxylation is 2. The Morgan fingerprint density at radius 1 is 1.24 bits per heavy atom. The largest absolute Gasteiger partial charge is 0.335 e. The number of rotatable bonds is 5. The fraction of sp³-hybridized carbons (Fsp3) is 0.286. The molecule has 0 spiro atoms. The molecule has 0 aliphatic heterocycles. The third kappa shape index (κ3) is 2.91. The van der Waals surface area contributed by atoms with Gasteiger partial charge >= 0.3 is 0 Å². The molecule has 3 aromatic rings. The Hall–Kier alpha value is -2.70. The van der Waals surface area contributed by atoms with E-state index in [1.54, 1.807) is 35.2 Å². The minimum atomic E-state index is -0.0317. The highest BCUT2D eigenvalue weighted by Gasteiger charge is 2.07. The van der Waals surface area contributed by atoms with Crippen LogP contribution in [0.3, 0.4) is 0 Å². The standard InChI is InChI=1S/C14H16N6O/c1-11-15-8-10-19(11)9-2-3-14(21)18-13-4-6-16-12-5-7-17-20(12)13/h4-8,10H,2-3,9H2,1H3,(H,18,21). The fourth-order valence-electron chi connectivity index (χ4n) is 2.18. The number of fused-ring (bicyclic) bond motifs is 1. The van der Waals surface area contributed by atoms with Crippen LogP contribution in [0.5, 0.6) is 0 Å². The van der Waals surface area contributed by atoms with Crippen molar-refractivity contribution in [1.82, 2.24) is 24.1 Å². The van der Waals surface area contributed by atoms with Crippen molar-refractivity contribution in [2.75, 3.05) is 5.32 Å². The van der Waals surface area contributed by atoms with E-state index in [9.17, 15) is 4.79 Å². The first-order chi connectivity index (χ1) is 10.2. The fourth-order valence-corrected chi connectivity index (χ4v) is 2.18. The molecule has 3 heterocycles. The van der Waals surface area contributed by atoms with Gasteiger partial charge in [-0.3, -0.25) is 4.79 Å². The summed E-state index contributed by atoms with van der Waals surface area (Å²) >= 11 is 0. The molecule has 1 N–H and O–H groups in total. The van der Waals surface area contributed by atoms with Crippen molar-refractivity contribution in [1.29, 1.82) is 0 Å². The molecular formula is C14H16N6O. The Morgan fingerprint density at radius 2 is 2.14 bits per heavy atom. The molecule has 1 amide bonds. The SMILES string of the molecule is Cc1nccn1CCCC(=O)Nc1ccnc2ccnn12. The van der Waals surface area contributed by atoms with Crippen LogP contribution in [0.2, 0.25) is 0 Å². The number of imidazole rings is 1. The number of nitrogens with one attached hydrogen (secondary N) is 1. The van der Waals surface area contributed by atoms with Crippen LogP contribution in [0.25, 0.3) is 5.65 Å². The summed E-state index contributed by atoms with van der Waals surface area (Å²) in [6, 6.07) is 3.52. The second-order valence-corrected chi connectivity index (χ2v) is 4.75. The molecule has 0 saturated carbocycles. The van der Waals surface area contributed by atoms with Gasteiger partial charge in [0.1, 0.15) is 11.6 Å². The molecule has 0 aliphatic carbocycles. The number of aromatic nitrogens is 5. The van der Waals surface area contributed by atoms with Crippen LogP contribution in [0.1, 0.15) is 18.7 Å². The molecule has 0 fully saturated rings. The second kappa shape index (κ2) is 5.74. The average molecular weight is 284 g/mol. The van der Waals surface area contributed by atoms with Crippen LogP contribution in [-0.4, -0.2) is 30.1 Å². The highest BCUT2D eigenvalue weighted by Crippen LogP contribution is 2.09. The Bertz CT molecular complexity index is 760. The highest BCUT2D eigenvalue weighted by molar-refractivity contribution is 5.90. The molecule has 0 unspecified atom stereocenters. The smallest absolute Gasteiger partial charge is 0.225 e. The molecule has 0 radical (unpaired) electrons. The molecule has 7 nitrogen and oxygen atoms in total. The van der Waals surface area contributed by atoms with E-state index < -0.39 is 0 Å². The lowest BCUT2D eigenvalue weighted by atomic mass is 10.3. The van der Waals surface area contributed by atoms with Crippen LogP contribution in [0, 0.1) is 6.92 Å². The second-order valence-electron chi connectivity index (χ2n) is 4.75. The first kappa shape index (κ1) is 13.3. The monoisotopic (exact) mass is 284 g/mol. The molecule has 7 heteroatoms. The van der Waals surface area contributed by atoms with Crippen molar-refractivity contribution in [3.63, 3.8) is 0 Å². The molecule has 0 saturated heterocycles. The van der Waals surface area contributed by atoms with Gasteiger partial charge in [-0.25, -0.2) is 9.97 Å². The van der Waals surface area contributed by atoms with Crippen molar-refractivity contribution in [2.45, 2.75) is 26.3 Å². The van der Waals surface area contributed by atoms with Gasteiger partial charge in [0.05, 0.1) is 6.20 Å². The van der Waals surface area contributed by atoms with E-state index in [1.165, 1.54) is 0 Å². The number of carbonyl (C=O) groups is 1. The minimum absolute atomic E-state index is 0.0317. The van der Waals surface area contributed by atoms with E-state index in [4.69, 9.17) is 0 Å². The van der Waals surface area contributed by atoms with Gasteiger partial charge in [0.25, 0.3) is 0 Å². The summed E-state index contributed by atoms with van der Waals surface area (Å²) in [7, 11) is 0. The van der Waals surface area contributed by atoms with Gasteiger partial charge in [0.2, 0.25) is 5.91 Å². The lowest BCUT2D eigenvalue weighted by molar-refractivity contribution is -0.116. The van der Waals surface area contributed by atoms with Crippen molar-refractivity contribution in [3.05, 3.63) is 42.7 Å². The van der Waals surface area contributed by atoms with Gasteiger partial charge in [0.15, 0.2) is 5.65 Å². The zero-order chi connectivity index (χ0) is 14.7. The van der Waals surface area contributed by atoms with Crippen LogP contribution in [0.15, 0.2) is 36.9 Å². The summed E-state index contributed by atoms with van der Waals surface area (Å²) in [5.41, 5.74) is 0.710. The van der Waals surface area contributed by atoms with Crippen LogP contribution in [0.4, 0.5) is 5.82 Å². The summed E-state index contributed by atoms with van der Waals surface area (Å²) in [5.74, 6) is 1.56. The zero-order valence-corrected chi connectivity index (χ0v) is 11.7. The lowest BCUT2D eigenvalue weighted by Crippen LogP contribution is -2.15. The maximum Gasteiger partial charge on any atom is 0.225 e. The van der Waals surface area contributed by atoms with E-state index in [1.807, 2.05) is 17.7 Å². The summed E-state index contributed by atoms with van der Waals surface area (Å²) in [6.45, 7) is 2.73. The molecule has 0 atom stereocenters. The predicted octanol–water partition coefficient (Wildman–Crippen LogP) is 1.65. The quantitative estimate of drug-likeness (QED) is 0.773. The third-order valence-corrected chi connectivity index (χ3v) is 3.28. The number of anilines is 1. The molecule has 3 aromatic heterocycles. The number of hydrogen-bond donors (Lipinski definition) is 1. The van der Waals surface area contributed by atoms with Gasteiger partial charge in [-0.05, 0) is 19.4 Å². The normalized spacial score (nSPS) is 10.9. The molecular weight excluding hydrogens is 268 g/mol. The summed E-state index contributed by atoms with van der Waals surface area (Å²) in [4.78, 5) is 20.3. The van der Waals surface area contributed by atoms with E-state index >= 15 is 0 Å². The topological polar surface area (TPSA) is 77.1 Å². The van der Waals surface area contributed by atoms with Crippen LogP contribution >= 0.6 is 0 Å². The maximum absolute atomic E-state index is 12.0. The van der Waals surface area contributed by atoms with Crippen molar-refractivity contribution >= 4 is 17.4 Å². The summed E-state index contributed by atoms with van der Waals surface area (Å²) < 4.78 is 3.64. The molecule has 21 heavy (non-hydrogen) atoms. The van der Waals surface area contributed by atoms with Gasteiger partial charge in [-0.1, -0.05) is 0 Å². The summed E-state index contributed by atoms with van der Waals surface area (Å²) in [5, 5.41) is 6.99. The number of carbonyl (C=O) groups excluding carboxylic acids is 1. The van der Waals surface area contributed by atoms with Gasteiger partial charge in [-0.15, -0.1) is 0 Å². The van der Waals surface area contributed by atoms with Crippen molar-refractivity contribution in [2.24, 2.45) is 0 Å². The van der Waals surface area contributed by atoms with Gasteiger partial charge < -0.3 is 9.88 Å².